The average Bonchev–Trinajstić information content (AvgIpc) is 3.00. The number of benzene rings is 1. The van der Waals surface area contributed by atoms with E-state index in [-0.39, 0.29) is 12.0 Å². The van der Waals surface area contributed by atoms with Crippen molar-refractivity contribution in [3.8, 4) is 0 Å². The molecule has 2 aromatic rings. The molecule has 0 bridgehead atoms. The van der Waals surface area contributed by atoms with Crippen molar-refractivity contribution in [3.05, 3.63) is 46.4 Å². The molecule has 2 rings (SSSR count). The number of carbonyl (C=O) groups excluding carboxylic acids is 1. The third-order valence-electron chi connectivity index (χ3n) is 2.76. The van der Waals surface area contributed by atoms with Crippen molar-refractivity contribution in [3.63, 3.8) is 0 Å². The molecule has 0 saturated heterocycles. The van der Waals surface area contributed by atoms with Gasteiger partial charge in [0.2, 0.25) is 0 Å². The third kappa shape index (κ3) is 3.81. The summed E-state index contributed by atoms with van der Waals surface area (Å²) in [5.74, 6) is -0.272. The normalized spacial score (nSPS) is 11.9. The number of nitrogens with one attached hydrogen (secondary N) is 1. The molecule has 1 aromatic heterocycles. The van der Waals surface area contributed by atoms with Gasteiger partial charge in [-0.25, -0.2) is 9.78 Å². The van der Waals surface area contributed by atoms with Crippen LogP contribution in [-0.2, 0) is 4.74 Å². The predicted molar refractivity (Wildman–Crippen MR) is 81.2 cm³/mol. The van der Waals surface area contributed by atoms with E-state index >= 15 is 0 Å². The van der Waals surface area contributed by atoms with E-state index in [1.165, 1.54) is 0 Å². The molecule has 0 saturated carbocycles. The maximum Gasteiger partial charge on any atom is 0.338 e. The summed E-state index contributed by atoms with van der Waals surface area (Å²) in [5.41, 5.74) is 1.53. The lowest BCUT2D eigenvalue weighted by Crippen LogP contribution is -2.08. The molecule has 20 heavy (non-hydrogen) atoms. The molecular formula is C15H18N2O2S. The Hall–Kier alpha value is -1.88. The van der Waals surface area contributed by atoms with Gasteiger partial charge in [-0.2, -0.15) is 0 Å². The predicted octanol–water partition coefficient (Wildman–Crippen LogP) is 3.88. The van der Waals surface area contributed by atoms with Crippen LogP contribution in [-0.4, -0.2) is 17.6 Å². The van der Waals surface area contributed by atoms with E-state index in [0.29, 0.717) is 12.2 Å². The number of ether oxygens (including phenoxy) is 1. The zero-order chi connectivity index (χ0) is 14.4. The Labute approximate surface area is 122 Å². The fourth-order valence-electron chi connectivity index (χ4n) is 1.74. The Kier molecular flexibility index (Phi) is 5.12. The lowest BCUT2D eigenvalue weighted by atomic mass is 10.2. The van der Waals surface area contributed by atoms with Crippen molar-refractivity contribution in [1.29, 1.82) is 0 Å². The minimum atomic E-state index is -0.272. The standard InChI is InChI=1S/C15H18N2O2S/c1-3-9-19-15(18)12-4-6-13(7-5-12)17-11(2)14-16-8-10-20-14/h4-8,10-11,17H,3,9H2,1-2H3. The Balaban J connectivity index is 1.96. The third-order valence-corrected chi connectivity index (χ3v) is 3.72. The summed E-state index contributed by atoms with van der Waals surface area (Å²) in [4.78, 5) is 15.9. The van der Waals surface area contributed by atoms with Crippen molar-refractivity contribution < 1.29 is 9.53 Å². The Bertz CT molecular complexity index is 538. The number of hydrogen-bond acceptors (Lipinski definition) is 5. The van der Waals surface area contributed by atoms with Gasteiger partial charge in [0.05, 0.1) is 18.2 Å². The molecule has 0 aliphatic carbocycles. The first-order valence-corrected chi connectivity index (χ1v) is 7.51. The largest absolute Gasteiger partial charge is 0.462 e. The molecule has 1 N–H and O–H groups in total. The highest BCUT2D eigenvalue weighted by Gasteiger charge is 2.09. The first-order valence-electron chi connectivity index (χ1n) is 6.64. The van der Waals surface area contributed by atoms with E-state index in [1.54, 1.807) is 29.7 Å². The van der Waals surface area contributed by atoms with Crippen LogP contribution in [0.15, 0.2) is 35.8 Å². The number of aromatic nitrogens is 1. The van der Waals surface area contributed by atoms with E-state index < -0.39 is 0 Å². The Morgan fingerprint density at radius 1 is 1.40 bits per heavy atom. The van der Waals surface area contributed by atoms with Gasteiger partial charge >= 0.3 is 5.97 Å². The van der Waals surface area contributed by atoms with E-state index in [0.717, 1.165) is 17.1 Å². The van der Waals surface area contributed by atoms with Crippen molar-refractivity contribution in [2.24, 2.45) is 0 Å². The average molecular weight is 290 g/mol. The summed E-state index contributed by atoms with van der Waals surface area (Å²) in [6.07, 6.45) is 2.63. The molecule has 0 aliphatic heterocycles. The maximum atomic E-state index is 11.7. The van der Waals surface area contributed by atoms with Crippen LogP contribution in [0.2, 0.25) is 0 Å². The Morgan fingerprint density at radius 2 is 2.15 bits per heavy atom. The van der Waals surface area contributed by atoms with Gasteiger partial charge in [-0.05, 0) is 37.6 Å². The van der Waals surface area contributed by atoms with Crippen LogP contribution in [0.4, 0.5) is 5.69 Å². The number of hydrogen-bond donors (Lipinski definition) is 1. The van der Waals surface area contributed by atoms with Crippen LogP contribution >= 0.6 is 11.3 Å². The number of carbonyl (C=O) groups is 1. The van der Waals surface area contributed by atoms with Gasteiger partial charge < -0.3 is 10.1 Å². The van der Waals surface area contributed by atoms with E-state index in [2.05, 4.69) is 17.2 Å². The summed E-state index contributed by atoms with van der Waals surface area (Å²) in [5, 5.41) is 6.35. The van der Waals surface area contributed by atoms with Crippen LogP contribution < -0.4 is 5.32 Å². The molecule has 1 unspecified atom stereocenters. The summed E-state index contributed by atoms with van der Waals surface area (Å²) in [6.45, 7) is 4.49. The topological polar surface area (TPSA) is 51.2 Å². The van der Waals surface area contributed by atoms with Gasteiger partial charge in [-0.1, -0.05) is 6.92 Å². The van der Waals surface area contributed by atoms with Crippen molar-refractivity contribution in [2.45, 2.75) is 26.3 Å². The molecule has 0 aliphatic rings. The second-order valence-corrected chi connectivity index (χ2v) is 5.38. The zero-order valence-electron chi connectivity index (χ0n) is 11.6. The lowest BCUT2D eigenvalue weighted by molar-refractivity contribution is 0.0505. The summed E-state index contributed by atoms with van der Waals surface area (Å²) in [6, 6.07) is 7.45. The van der Waals surface area contributed by atoms with E-state index in [1.807, 2.05) is 24.4 Å². The van der Waals surface area contributed by atoms with Gasteiger partial charge in [0, 0.05) is 17.3 Å². The summed E-state index contributed by atoms with van der Waals surface area (Å²) >= 11 is 1.62. The minimum absolute atomic E-state index is 0.146. The Morgan fingerprint density at radius 3 is 2.75 bits per heavy atom. The van der Waals surface area contributed by atoms with Crippen molar-refractivity contribution >= 4 is 23.0 Å². The highest BCUT2D eigenvalue weighted by Crippen LogP contribution is 2.21. The molecule has 106 valence electrons. The number of thiazole rings is 1. The van der Waals surface area contributed by atoms with Crippen molar-refractivity contribution in [1.82, 2.24) is 4.98 Å². The zero-order valence-corrected chi connectivity index (χ0v) is 12.4. The fraction of sp³-hybridized carbons (Fsp3) is 0.333. The van der Waals surface area contributed by atoms with E-state index in [9.17, 15) is 4.79 Å². The summed E-state index contributed by atoms with van der Waals surface area (Å²) < 4.78 is 5.09. The quantitative estimate of drug-likeness (QED) is 0.820. The second kappa shape index (κ2) is 7.05. The first kappa shape index (κ1) is 14.5. The van der Waals surface area contributed by atoms with Gasteiger partial charge in [-0.15, -0.1) is 11.3 Å². The van der Waals surface area contributed by atoms with Crippen LogP contribution in [0.5, 0.6) is 0 Å². The van der Waals surface area contributed by atoms with Gasteiger partial charge in [0.1, 0.15) is 5.01 Å². The monoisotopic (exact) mass is 290 g/mol. The minimum Gasteiger partial charge on any atom is -0.462 e. The number of esters is 1. The SMILES string of the molecule is CCCOC(=O)c1ccc(NC(C)c2nccs2)cc1. The number of rotatable bonds is 6. The number of nitrogens with zero attached hydrogens (tertiary/aromatic N) is 1. The molecule has 1 heterocycles. The molecule has 0 radical (unpaired) electrons. The summed E-state index contributed by atoms with van der Waals surface area (Å²) in [7, 11) is 0. The second-order valence-electron chi connectivity index (χ2n) is 4.45. The van der Waals surface area contributed by atoms with Gasteiger partial charge in [0.25, 0.3) is 0 Å². The molecule has 0 spiro atoms. The van der Waals surface area contributed by atoms with Crippen LogP contribution in [0, 0.1) is 0 Å². The van der Waals surface area contributed by atoms with Crippen molar-refractivity contribution in [2.75, 3.05) is 11.9 Å². The molecule has 1 atom stereocenters. The number of anilines is 1. The highest BCUT2D eigenvalue weighted by atomic mass is 32.1. The first-order chi connectivity index (χ1) is 9.70. The van der Waals surface area contributed by atoms with Gasteiger partial charge in [0.15, 0.2) is 0 Å². The maximum absolute atomic E-state index is 11.7. The highest BCUT2D eigenvalue weighted by molar-refractivity contribution is 7.09. The smallest absolute Gasteiger partial charge is 0.338 e. The van der Waals surface area contributed by atoms with Crippen LogP contribution in [0.25, 0.3) is 0 Å². The lowest BCUT2D eigenvalue weighted by Gasteiger charge is -2.13. The molecular weight excluding hydrogens is 272 g/mol. The molecule has 1 aromatic carbocycles. The molecule has 0 amide bonds. The van der Waals surface area contributed by atoms with Crippen LogP contribution in [0.3, 0.4) is 0 Å². The molecule has 5 heteroatoms. The molecule has 0 fully saturated rings. The van der Waals surface area contributed by atoms with Gasteiger partial charge in [-0.3, -0.25) is 0 Å². The van der Waals surface area contributed by atoms with Crippen LogP contribution in [0.1, 0.15) is 41.7 Å². The fourth-order valence-corrected chi connectivity index (χ4v) is 2.39. The van der Waals surface area contributed by atoms with E-state index in [4.69, 9.17) is 4.74 Å². The molecule has 4 nitrogen and oxygen atoms in total.